The van der Waals surface area contributed by atoms with Crippen molar-refractivity contribution in [2.75, 3.05) is 13.1 Å². The zero-order chi connectivity index (χ0) is 23.3. The minimum atomic E-state index is -0.262. The lowest BCUT2D eigenvalue weighted by Gasteiger charge is -2.09. The molecule has 7 nitrogen and oxygen atoms in total. The van der Waals surface area contributed by atoms with Crippen molar-refractivity contribution in [2.24, 2.45) is 0 Å². The molecule has 0 saturated heterocycles. The van der Waals surface area contributed by atoms with Crippen molar-refractivity contribution < 1.29 is 14.7 Å². The van der Waals surface area contributed by atoms with Gasteiger partial charge < -0.3 is 15.7 Å². The monoisotopic (exact) mass is 454 g/mol. The fraction of sp³-hybridized carbons (Fsp3) is 0.292. The fourth-order valence-corrected chi connectivity index (χ4v) is 3.56. The van der Waals surface area contributed by atoms with Gasteiger partial charge in [0.1, 0.15) is 5.75 Å². The fourth-order valence-electron chi connectivity index (χ4n) is 3.39. The third-order valence-corrected chi connectivity index (χ3v) is 5.66. The molecular weight excluding hydrogens is 428 g/mol. The highest BCUT2D eigenvalue weighted by Crippen LogP contribution is 2.23. The number of aryl methyl sites for hydroxylation is 2. The number of nitrogens with zero attached hydrogens (tertiary/aromatic N) is 2. The zero-order valence-electron chi connectivity index (χ0n) is 18.4. The van der Waals surface area contributed by atoms with Gasteiger partial charge in [-0.25, -0.2) is 4.68 Å². The van der Waals surface area contributed by atoms with E-state index < -0.39 is 0 Å². The third-order valence-electron chi connectivity index (χ3n) is 5.25. The van der Waals surface area contributed by atoms with Gasteiger partial charge in [-0.15, -0.1) is 0 Å². The number of hydrogen-bond acceptors (Lipinski definition) is 4. The molecule has 0 aliphatic carbocycles. The van der Waals surface area contributed by atoms with Gasteiger partial charge in [-0.1, -0.05) is 23.7 Å². The first kappa shape index (κ1) is 23.3. The molecule has 3 N–H and O–H groups in total. The highest BCUT2D eigenvalue weighted by atomic mass is 35.5. The smallest absolute Gasteiger partial charge is 0.251 e. The first-order chi connectivity index (χ1) is 15.3. The second-order valence-electron chi connectivity index (χ2n) is 7.68. The van der Waals surface area contributed by atoms with Gasteiger partial charge in [0, 0.05) is 34.9 Å². The van der Waals surface area contributed by atoms with Gasteiger partial charge in [0.05, 0.1) is 17.8 Å². The highest BCUT2D eigenvalue weighted by Gasteiger charge is 2.16. The molecule has 0 atom stereocenters. The highest BCUT2D eigenvalue weighted by molar-refractivity contribution is 6.31. The number of hydrogen-bond donors (Lipinski definition) is 3. The van der Waals surface area contributed by atoms with Crippen molar-refractivity contribution in [1.29, 1.82) is 0 Å². The molecule has 3 aromatic rings. The maximum absolute atomic E-state index is 12.4. The van der Waals surface area contributed by atoms with E-state index in [1.807, 2.05) is 39.0 Å². The molecule has 0 aliphatic rings. The lowest BCUT2D eigenvalue weighted by atomic mass is 10.1. The Kier molecular flexibility index (Phi) is 7.53. The number of nitrogens with one attached hydrogen (secondary N) is 2. The molecule has 0 aliphatic heterocycles. The molecule has 0 saturated carbocycles. The Morgan fingerprint density at radius 3 is 2.53 bits per heavy atom. The minimum Gasteiger partial charge on any atom is -0.508 e. The van der Waals surface area contributed by atoms with Gasteiger partial charge in [-0.2, -0.15) is 5.10 Å². The number of aromatic nitrogens is 2. The van der Waals surface area contributed by atoms with Gasteiger partial charge in [-0.05, 0) is 63.1 Å². The molecule has 0 spiro atoms. The standard InChI is InChI=1S/C24H27ClN4O3/c1-15-8-9-19(13-22(15)25)29-17(3)21(16(2)28-29)14-23(31)26-10-5-11-27-24(32)18-6-4-7-20(30)12-18/h4,6-9,12-13,30H,5,10-11,14H2,1-3H3,(H,26,31)(H,27,32). The van der Waals surface area contributed by atoms with Crippen molar-refractivity contribution >= 4 is 23.4 Å². The van der Waals surface area contributed by atoms with Gasteiger partial charge in [0.25, 0.3) is 5.91 Å². The minimum absolute atomic E-state index is 0.0456. The number of carbonyl (C=O) groups excluding carboxylic acids is 2. The molecule has 1 aromatic heterocycles. The molecule has 168 valence electrons. The van der Waals surface area contributed by atoms with Gasteiger partial charge in [-0.3, -0.25) is 9.59 Å². The van der Waals surface area contributed by atoms with E-state index in [0.29, 0.717) is 30.1 Å². The van der Waals surface area contributed by atoms with Gasteiger partial charge in [0.15, 0.2) is 0 Å². The summed E-state index contributed by atoms with van der Waals surface area (Å²) in [6.45, 7) is 6.63. The van der Waals surface area contributed by atoms with Gasteiger partial charge in [0.2, 0.25) is 5.91 Å². The summed E-state index contributed by atoms with van der Waals surface area (Å²) >= 11 is 6.25. The number of carbonyl (C=O) groups is 2. The van der Waals surface area contributed by atoms with Crippen molar-refractivity contribution in [3.63, 3.8) is 0 Å². The van der Waals surface area contributed by atoms with E-state index in [1.54, 1.807) is 16.8 Å². The summed E-state index contributed by atoms with van der Waals surface area (Å²) in [5.74, 6) is -0.316. The van der Waals surface area contributed by atoms with E-state index in [9.17, 15) is 14.7 Å². The molecule has 0 unspecified atom stereocenters. The van der Waals surface area contributed by atoms with Crippen LogP contribution in [0.5, 0.6) is 5.75 Å². The van der Waals surface area contributed by atoms with Gasteiger partial charge >= 0.3 is 0 Å². The number of benzene rings is 2. The summed E-state index contributed by atoms with van der Waals surface area (Å²) < 4.78 is 1.81. The van der Waals surface area contributed by atoms with E-state index in [0.717, 1.165) is 28.2 Å². The average molecular weight is 455 g/mol. The second kappa shape index (κ2) is 10.3. The van der Waals surface area contributed by atoms with E-state index in [2.05, 4.69) is 15.7 Å². The van der Waals surface area contributed by atoms with E-state index >= 15 is 0 Å². The van der Waals surface area contributed by atoms with E-state index in [1.165, 1.54) is 12.1 Å². The second-order valence-corrected chi connectivity index (χ2v) is 8.09. The molecule has 0 fully saturated rings. The Balaban J connectivity index is 1.49. The van der Waals surface area contributed by atoms with Crippen LogP contribution in [-0.4, -0.2) is 39.8 Å². The summed E-state index contributed by atoms with van der Waals surface area (Å²) in [4.78, 5) is 24.5. The predicted octanol–water partition coefficient (Wildman–Crippen LogP) is 3.64. The predicted molar refractivity (Wildman–Crippen MR) is 125 cm³/mol. The Labute approximate surface area is 192 Å². The Bertz CT molecular complexity index is 1140. The topological polar surface area (TPSA) is 96.3 Å². The Morgan fingerprint density at radius 2 is 1.81 bits per heavy atom. The van der Waals surface area contributed by atoms with Crippen LogP contribution in [0.15, 0.2) is 42.5 Å². The van der Waals surface area contributed by atoms with E-state index in [4.69, 9.17) is 11.6 Å². The summed E-state index contributed by atoms with van der Waals surface area (Å²) in [5, 5.41) is 20.4. The van der Waals surface area contributed by atoms with Crippen LogP contribution < -0.4 is 10.6 Å². The molecule has 32 heavy (non-hydrogen) atoms. The molecule has 2 aromatic carbocycles. The molecule has 8 heteroatoms. The lowest BCUT2D eigenvalue weighted by molar-refractivity contribution is -0.120. The van der Waals surface area contributed by atoms with Crippen molar-refractivity contribution in [2.45, 2.75) is 33.6 Å². The van der Waals surface area contributed by atoms with Crippen LogP contribution >= 0.6 is 11.6 Å². The maximum Gasteiger partial charge on any atom is 0.251 e. The average Bonchev–Trinajstić information content (AvgIpc) is 3.03. The number of rotatable bonds is 8. The summed E-state index contributed by atoms with van der Waals surface area (Å²) in [5.41, 5.74) is 4.83. The molecule has 3 rings (SSSR count). The first-order valence-corrected chi connectivity index (χ1v) is 10.8. The van der Waals surface area contributed by atoms with Crippen LogP contribution in [-0.2, 0) is 11.2 Å². The Hall–Kier alpha value is -3.32. The number of halogens is 1. The lowest BCUT2D eigenvalue weighted by Crippen LogP contribution is -2.30. The van der Waals surface area contributed by atoms with Crippen molar-refractivity contribution in [3.8, 4) is 11.4 Å². The summed E-state index contributed by atoms with van der Waals surface area (Å²) in [7, 11) is 0. The van der Waals surface area contributed by atoms with Crippen LogP contribution in [0.3, 0.4) is 0 Å². The quantitative estimate of drug-likeness (QED) is 0.453. The van der Waals surface area contributed by atoms with Crippen LogP contribution in [0.4, 0.5) is 0 Å². The molecule has 1 heterocycles. The van der Waals surface area contributed by atoms with Crippen LogP contribution in [0, 0.1) is 20.8 Å². The number of amides is 2. The van der Waals surface area contributed by atoms with Crippen LogP contribution in [0.2, 0.25) is 5.02 Å². The van der Waals surface area contributed by atoms with Crippen molar-refractivity contribution in [3.05, 3.63) is 75.6 Å². The normalized spacial score (nSPS) is 10.8. The van der Waals surface area contributed by atoms with E-state index in [-0.39, 0.29) is 24.0 Å². The SMILES string of the molecule is Cc1ccc(-n2nc(C)c(CC(=O)NCCCNC(=O)c3cccc(O)c3)c2C)cc1Cl. The van der Waals surface area contributed by atoms with Crippen LogP contribution in [0.1, 0.15) is 39.3 Å². The Morgan fingerprint density at radius 1 is 1.06 bits per heavy atom. The summed E-state index contributed by atoms with van der Waals surface area (Å²) in [6.07, 6.45) is 0.822. The molecular formula is C24H27ClN4O3. The zero-order valence-corrected chi connectivity index (χ0v) is 19.2. The maximum atomic E-state index is 12.4. The largest absolute Gasteiger partial charge is 0.508 e. The molecule has 2 amide bonds. The molecule has 0 radical (unpaired) electrons. The number of phenols is 1. The van der Waals surface area contributed by atoms with Crippen LogP contribution in [0.25, 0.3) is 5.69 Å². The summed E-state index contributed by atoms with van der Waals surface area (Å²) in [6, 6.07) is 11.9. The number of aromatic hydroxyl groups is 1. The molecule has 0 bridgehead atoms. The third kappa shape index (κ3) is 5.68. The van der Waals surface area contributed by atoms with Crippen molar-refractivity contribution in [1.82, 2.24) is 20.4 Å². The number of phenolic OH excluding ortho intramolecular Hbond substituents is 1. The first-order valence-electron chi connectivity index (χ1n) is 10.4.